The molecule has 0 fully saturated rings. The highest BCUT2D eigenvalue weighted by Crippen LogP contribution is 2.41. The number of furan rings is 1. The number of nitrogens with zero attached hydrogens (tertiary/aromatic N) is 2. The molecule has 1 aromatic heterocycles. The van der Waals surface area contributed by atoms with Crippen LogP contribution in [-0.2, 0) is 0 Å². The summed E-state index contributed by atoms with van der Waals surface area (Å²) in [7, 11) is 0. The number of hydrogen-bond donors (Lipinski definition) is 0. The molecular weight excluding hydrogens is 645 g/mol. The quantitative estimate of drug-likeness (QED) is 0.158. The van der Waals surface area contributed by atoms with Gasteiger partial charge in [-0.3, -0.25) is 0 Å². The highest BCUT2D eigenvalue weighted by molar-refractivity contribution is 6.14. The van der Waals surface area contributed by atoms with Gasteiger partial charge in [-0.2, -0.15) is 0 Å². The van der Waals surface area contributed by atoms with Crippen LogP contribution in [0.3, 0.4) is 0 Å². The molecule has 3 nitrogen and oxygen atoms in total. The normalized spacial score (nSPS) is 14.5. The lowest BCUT2D eigenvalue weighted by Gasteiger charge is -2.33. The molecule has 0 saturated heterocycles. The number of allylic oxidation sites excluding steroid dienone is 2. The summed E-state index contributed by atoms with van der Waals surface area (Å²) in [5.74, 6) is 1.01. The third-order valence-corrected chi connectivity index (χ3v) is 10.9. The zero-order chi connectivity index (χ0) is 36.1. The van der Waals surface area contributed by atoms with Crippen LogP contribution in [0.5, 0.6) is 0 Å². The molecule has 0 spiro atoms. The Labute approximate surface area is 312 Å². The van der Waals surface area contributed by atoms with Crippen molar-refractivity contribution in [1.82, 2.24) is 0 Å². The van der Waals surface area contributed by atoms with Crippen LogP contribution >= 0.6 is 0 Å². The first-order valence-electron chi connectivity index (χ1n) is 18.9. The Hall–Kier alpha value is -6.06. The van der Waals surface area contributed by atoms with E-state index in [1.54, 1.807) is 0 Å². The largest absolute Gasteiger partial charge is 0.456 e. The third-order valence-electron chi connectivity index (χ3n) is 10.9. The lowest BCUT2D eigenvalue weighted by atomic mass is 9.93. The van der Waals surface area contributed by atoms with Crippen molar-refractivity contribution in [3.05, 3.63) is 175 Å². The van der Waals surface area contributed by atoms with E-state index in [2.05, 4.69) is 201 Å². The van der Waals surface area contributed by atoms with Crippen molar-refractivity contribution in [3.8, 4) is 0 Å². The Kier molecular flexibility index (Phi) is 8.35. The molecule has 0 N–H and O–H groups in total. The first-order chi connectivity index (χ1) is 25.9. The zero-order valence-electron chi connectivity index (χ0n) is 30.8. The Morgan fingerprint density at radius 2 is 1.06 bits per heavy atom. The summed E-state index contributed by atoms with van der Waals surface area (Å²) < 4.78 is 6.66. The van der Waals surface area contributed by atoms with Crippen molar-refractivity contribution in [1.29, 1.82) is 0 Å². The van der Waals surface area contributed by atoms with Crippen LogP contribution in [-0.4, -0.2) is 6.04 Å². The van der Waals surface area contributed by atoms with Crippen molar-refractivity contribution in [2.45, 2.75) is 46.1 Å². The van der Waals surface area contributed by atoms with Crippen LogP contribution in [0, 0.1) is 5.92 Å². The summed E-state index contributed by atoms with van der Waals surface area (Å²) in [5, 5.41) is 6.99. The number of hydrogen-bond acceptors (Lipinski definition) is 3. The van der Waals surface area contributed by atoms with Gasteiger partial charge in [-0.25, -0.2) is 0 Å². The standard InChI is InChI=1S/C50H44N2O/c1-33(2)35-15-21-43(22-16-35)51(41-11-7-5-8-12-41)45-25-19-37-29-47-48-30-38-20-26-46(28-40(38)32-50(48)53-49(47)31-39(37)27-45)52(42-13-9-6-10-14-42)44-23-17-36(18-24-44)34(3)4/h5-23,25-34,44H,24H2,1-4H3. The molecule has 260 valence electrons. The van der Waals surface area contributed by atoms with Gasteiger partial charge in [0, 0.05) is 39.2 Å². The second-order valence-electron chi connectivity index (χ2n) is 15.0. The highest BCUT2D eigenvalue weighted by Gasteiger charge is 2.22. The monoisotopic (exact) mass is 688 g/mol. The van der Waals surface area contributed by atoms with Crippen LogP contribution in [0.4, 0.5) is 28.4 Å². The average molecular weight is 689 g/mol. The van der Waals surface area contributed by atoms with E-state index in [0.717, 1.165) is 50.8 Å². The summed E-state index contributed by atoms with van der Waals surface area (Å²) in [4.78, 5) is 4.80. The summed E-state index contributed by atoms with van der Waals surface area (Å²) >= 11 is 0. The SMILES string of the molecule is CC(C)C1=CCC(N(c2ccccc2)c2ccc3cc4c(cc3c2)oc2cc3cc(N(c5ccccc5)c5ccc(C(C)C)cc5)ccc3cc24)C=C1. The highest BCUT2D eigenvalue weighted by atomic mass is 16.3. The van der Waals surface area contributed by atoms with E-state index in [9.17, 15) is 0 Å². The molecule has 7 aromatic carbocycles. The second kappa shape index (κ2) is 13.5. The lowest BCUT2D eigenvalue weighted by molar-refractivity contribution is 0.670. The predicted octanol–water partition coefficient (Wildman–Crippen LogP) is 14.5. The molecular formula is C50H44N2O. The maximum atomic E-state index is 6.66. The number of fused-ring (bicyclic) bond motifs is 5. The second-order valence-corrected chi connectivity index (χ2v) is 15.0. The lowest BCUT2D eigenvalue weighted by Crippen LogP contribution is -2.30. The van der Waals surface area contributed by atoms with Gasteiger partial charge in [0.05, 0.1) is 6.04 Å². The molecule has 0 bridgehead atoms. The van der Waals surface area contributed by atoms with Crippen LogP contribution in [0.15, 0.2) is 174 Å². The van der Waals surface area contributed by atoms with E-state index in [-0.39, 0.29) is 6.04 Å². The first-order valence-corrected chi connectivity index (χ1v) is 18.9. The molecule has 9 rings (SSSR count). The molecule has 0 radical (unpaired) electrons. The summed E-state index contributed by atoms with van der Waals surface area (Å²) in [5.41, 5.74) is 10.3. The van der Waals surface area contributed by atoms with Gasteiger partial charge in [0.15, 0.2) is 0 Å². The van der Waals surface area contributed by atoms with Gasteiger partial charge in [0.1, 0.15) is 11.2 Å². The maximum Gasteiger partial charge on any atom is 0.136 e. The van der Waals surface area contributed by atoms with Gasteiger partial charge in [-0.05, 0) is 136 Å². The van der Waals surface area contributed by atoms with Gasteiger partial charge >= 0.3 is 0 Å². The first kappa shape index (κ1) is 32.8. The summed E-state index contributed by atoms with van der Waals surface area (Å²) in [6.45, 7) is 9.00. The molecule has 0 aliphatic heterocycles. The molecule has 1 unspecified atom stereocenters. The minimum atomic E-state index is 0.238. The smallest absolute Gasteiger partial charge is 0.136 e. The van der Waals surface area contributed by atoms with Gasteiger partial charge in [0.2, 0.25) is 0 Å². The Balaban J connectivity index is 1.11. The van der Waals surface area contributed by atoms with E-state index in [4.69, 9.17) is 4.42 Å². The van der Waals surface area contributed by atoms with E-state index < -0.39 is 0 Å². The van der Waals surface area contributed by atoms with Crippen LogP contribution in [0.25, 0.3) is 43.5 Å². The minimum Gasteiger partial charge on any atom is -0.456 e. The molecule has 8 aromatic rings. The van der Waals surface area contributed by atoms with Gasteiger partial charge in [-0.1, -0.05) is 107 Å². The molecule has 53 heavy (non-hydrogen) atoms. The minimum absolute atomic E-state index is 0.238. The predicted molar refractivity (Wildman–Crippen MR) is 227 cm³/mol. The van der Waals surface area contributed by atoms with Gasteiger partial charge < -0.3 is 14.2 Å². The zero-order valence-corrected chi connectivity index (χ0v) is 30.8. The van der Waals surface area contributed by atoms with Crippen LogP contribution in [0.2, 0.25) is 0 Å². The van der Waals surface area contributed by atoms with Gasteiger partial charge in [-0.15, -0.1) is 0 Å². The fraction of sp³-hybridized carbons (Fsp3) is 0.160. The van der Waals surface area contributed by atoms with E-state index in [1.165, 1.54) is 38.7 Å². The van der Waals surface area contributed by atoms with E-state index in [1.807, 2.05) is 0 Å². The fourth-order valence-corrected chi connectivity index (χ4v) is 7.92. The third kappa shape index (κ3) is 6.17. The van der Waals surface area contributed by atoms with Crippen molar-refractivity contribution >= 4 is 71.9 Å². The Morgan fingerprint density at radius 3 is 1.62 bits per heavy atom. The van der Waals surface area contributed by atoms with Crippen LogP contribution in [0.1, 0.15) is 45.6 Å². The number of anilines is 5. The molecule has 1 aliphatic carbocycles. The van der Waals surface area contributed by atoms with Crippen molar-refractivity contribution < 1.29 is 4.42 Å². The summed E-state index contributed by atoms with van der Waals surface area (Å²) in [6, 6.07) is 53.2. The molecule has 1 heterocycles. The Morgan fingerprint density at radius 1 is 0.509 bits per heavy atom. The van der Waals surface area contributed by atoms with Crippen molar-refractivity contribution in [3.63, 3.8) is 0 Å². The molecule has 0 amide bonds. The van der Waals surface area contributed by atoms with Crippen molar-refractivity contribution in [2.75, 3.05) is 9.80 Å². The molecule has 3 heteroatoms. The molecule has 1 atom stereocenters. The number of para-hydroxylation sites is 2. The van der Waals surface area contributed by atoms with E-state index >= 15 is 0 Å². The van der Waals surface area contributed by atoms with E-state index in [0.29, 0.717) is 11.8 Å². The van der Waals surface area contributed by atoms with Crippen LogP contribution < -0.4 is 9.80 Å². The van der Waals surface area contributed by atoms with Gasteiger partial charge in [0.25, 0.3) is 0 Å². The maximum absolute atomic E-state index is 6.66. The topological polar surface area (TPSA) is 19.6 Å². The Bertz CT molecular complexity index is 2650. The van der Waals surface area contributed by atoms with Crippen molar-refractivity contribution in [2.24, 2.45) is 5.92 Å². The molecule has 1 aliphatic rings. The molecule has 0 saturated carbocycles. The average Bonchev–Trinajstić information content (AvgIpc) is 3.53. The fourth-order valence-electron chi connectivity index (χ4n) is 7.92. The summed E-state index contributed by atoms with van der Waals surface area (Å²) in [6.07, 6.45) is 8.05. The number of rotatable bonds is 8. The number of benzene rings is 7.